The summed E-state index contributed by atoms with van der Waals surface area (Å²) in [5, 5.41) is 9.86. The number of aromatic hydroxyl groups is 1. The highest BCUT2D eigenvalue weighted by Gasteiger charge is 2.25. The van der Waals surface area contributed by atoms with Gasteiger partial charge in [-0.2, -0.15) is 0 Å². The van der Waals surface area contributed by atoms with Crippen molar-refractivity contribution >= 4 is 17.7 Å². The molecule has 0 radical (unpaired) electrons. The fourth-order valence-corrected chi connectivity index (χ4v) is 3.50. The van der Waals surface area contributed by atoms with E-state index < -0.39 is 0 Å². The van der Waals surface area contributed by atoms with Crippen molar-refractivity contribution in [3.63, 3.8) is 0 Å². The van der Waals surface area contributed by atoms with Gasteiger partial charge in [0.2, 0.25) is 0 Å². The van der Waals surface area contributed by atoms with E-state index in [1.807, 2.05) is 48.7 Å². The van der Waals surface area contributed by atoms with Crippen LogP contribution in [0.2, 0.25) is 0 Å². The number of phenolic OH excluding ortho intramolecular Hbond substituents is 1. The number of anilines is 1. The first kappa shape index (κ1) is 19.3. The first-order valence-electron chi connectivity index (χ1n) is 8.95. The molecule has 2 aromatic carbocycles. The molecule has 1 amide bonds. The molecule has 0 bridgehead atoms. The van der Waals surface area contributed by atoms with Crippen molar-refractivity contribution in [2.24, 2.45) is 0 Å². The van der Waals surface area contributed by atoms with Crippen molar-refractivity contribution in [3.05, 3.63) is 77.6 Å². The summed E-state index contributed by atoms with van der Waals surface area (Å²) in [6.07, 6.45) is 1.70. The van der Waals surface area contributed by atoms with Crippen LogP contribution in [0.1, 0.15) is 27.3 Å². The Morgan fingerprint density at radius 2 is 1.86 bits per heavy atom. The minimum atomic E-state index is -0.136. The van der Waals surface area contributed by atoms with Crippen LogP contribution in [0.4, 0.5) is 5.69 Å². The van der Waals surface area contributed by atoms with E-state index in [-0.39, 0.29) is 11.7 Å². The Morgan fingerprint density at radius 3 is 2.50 bits per heavy atom. The number of hydrogen-bond donors (Lipinski definition) is 1. The van der Waals surface area contributed by atoms with Gasteiger partial charge in [-0.3, -0.25) is 4.79 Å². The molecule has 0 aliphatic carbocycles. The largest absolute Gasteiger partial charge is 0.508 e. The Hall–Kier alpha value is -3.47. The van der Waals surface area contributed by atoms with Crippen LogP contribution in [-0.4, -0.2) is 29.7 Å². The van der Waals surface area contributed by atoms with E-state index in [0.717, 1.165) is 28.3 Å². The number of nitrogens with zero attached hydrogens (tertiary/aromatic N) is 2. The van der Waals surface area contributed by atoms with Crippen molar-refractivity contribution in [1.82, 2.24) is 4.57 Å². The number of phenols is 1. The van der Waals surface area contributed by atoms with E-state index in [1.165, 1.54) is 0 Å². The molecule has 0 atom stereocenters. The third kappa shape index (κ3) is 3.27. The predicted octanol–water partition coefficient (Wildman–Crippen LogP) is 4.73. The molecule has 0 aliphatic heterocycles. The van der Waals surface area contributed by atoms with Gasteiger partial charge in [0.15, 0.2) is 0 Å². The number of rotatable bonds is 5. The van der Waals surface area contributed by atoms with E-state index in [9.17, 15) is 9.90 Å². The number of hydrogen-bond acceptors (Lipinski definition) is 3. The highest BCUT2D eigenvalue weighted by molar-refractivity contribution is 6.09. The van der Waals surface area contributed by atoms with E-state index in [2.05, 4.69) is 6.58 Å². The number of carbonyl (C=O) groups excluding carboxylic acids is 1. The molecule has 3 aromatic rings. The average molecular weight is 376 g/mol. The smallest absolute Gasteiger partial charge is 0.260 e. The van der Waals surface area contributed by atoms with Gasteiger partial charge in [0.25, 0.3) is 5.91 Å². The van der Waals surface area contributed by atoms with Crippen molar-refractivity contribution in [2.75, 3.05) is 19.1 Å². The number of aromatic nitrogens is 1. The average Bonchev–Trinajstić information content (AvgIpc) is 2.96. The van der Waals surface area contributed by atoms with Gasteiger partial charge in [-0.1, -0.05) is 24.8 Å². The van der Waals surface area contributed by atoms with Crippen LogP contribution in [0.3, 0.4) is 0 Å². The molecule has 0 saturated heterocycles. The molecule has 1 N–H and O–H groups in total. The van der Waals surface area contributed by atoms with Crippen LogP contribution >= 0.6 is 0 Å². The summed E-state index contributed by atoms with van der Waals surface area (Å²) >= 11 is 0. The maximum Gasteiger partial charge on any atom is 0.260 e. The zero-order valence-electron chi connectivity index (χ0n) is 16.6. The molecule has 0 spiro atoms. The quantitative estimate of drug-likeness (QED) is 0.700. The van der Waals surface area contributed by atoms with E-state index in [0.29, 0.717) is 11.3 Å². The molecule has 0 aliphatic rings. The highest BCUT2D eigenvalue weighted by atomic mass is 16.5. The molecule has 1 aromatic heterocycles. The summed E-state index contributed by atoms with van der Waals surface area (Å²) in [5.41, 5.74) is 4.57. The summed E-state index contributed by atoms with van der Waals surface area (Å²) in [5.74, 6) is 0.723. The Kier molecular flexibility index (Phi) is 5.27. The lowest BCUT2D eigenvalue weighted by Gasteiger charge is -2.19. The van der Waals surface area contributed by atoms with Crippen LogP contribution in [0, 0.1) is 13.8 Å². The van der Waals surface area contributed by atoms with Crippen molar-refractivity contribution in [2.45, 2.75) is 13.8 Å². The molecule has 144 valence electrons. The van der Waals surface area contributed by atoms with Gasteiger partial charge in [-0.25, -0.2) is 0 Å². The Morgan fingerprint density at radius 1 is 1.14 bits per heavy atom. The Labute approximate surface area is 165 Å². The molecule has 0 fully saturated rings. The highest BCUT2D eigenvalue weighted by Crippen LogP contribution is 2.31. The molecule has 3 rings (SSSR count). The van der Waals surface area contributed by atoms with E-state index in [1.54, 1.807) is 43.3 Å². The standard InChI is InChI=1S/C23H24N2O3/c1-6-21-15(2)25(18-10-7-11-19(26)13-18)16(3)22(21)23(27)24(4)17-9-8-12-20(14-17)28-5/h6-14,26H,1H2,2-5H3. The monoisotopic (exact) mass is 376 g/mol. The first-order valence-corrected chi connectivity index (χ1v) is 8.95. The van der Waals surface area contributed by atoms with Gasteiger partial charge < -0.3 is 19.3 Å². The summed E-state index contributed by atoms with van der Waals surface area (Å²) in [6.45, 7) is 7.75. The number of amides is 1. The fraction of sp³-hybridized carbons (Fsp3) is 0.174. The molecule has 1 heterocycles. The molecule has 5 heteroatoms. The predicted molar refractivity (Wildman–Crippen MR) is 113 cm³/mol. The van der Waals surface area contributed by atoms with Gasteiger partial charge in [-0.15, -0.1) is 0 Å². The molecular formula is C23H24N2O3. The third-order valence-electron chi connectivity index (χ3n) is 4.94. The molecule has 0 unspecified atom stereocenters. The van der Waals surface area contributed by atoms with E-state index in [4.69, 9.17) is 4.74 Å². The lowest BCUT2D eigenvalue weighted by atomic mass is 10.1. The van der Waals surface area contributed by atoms with Crippen LogP contribution < -0.4 is 9.64 Å². The molecular weight excluding hydrogens is 352 g/mol. The van der Waals surface area contributed by atoms with Gasteiger partial charge in [-0.05, 0) is 38.1 Å². The minimum absolute atomic E-state index is 0.136. The second kappa shape index (κ2) is 7.64. The molecule has 28 heavy (non-hydrogen) atoms. The summed E-state index contributed by atoms with van der Waals surface area (Å²) in [6, 6.07) is 14.3. The lowest BCUT2D eigenvalue weighted by Crippen LogP contribution is -2.27. The minimum Gasteiger partial charge on any atom is -0.508 e. The van der Waals surface area contributed by atoms with Crippen LogP contribution in [0.25, 0.3) is 11.8 Å². The second-order valence-electron chi connectivity index (χ2n) is 6.58. The lowest BCUT2D eigenvalue weighted by molar-refractivity contribution is 0.0992. The second-order valence-corrected chi connectivity index (χ2v) is 6.58. The normalized spacial score (nSPS) is 10.6. The molecule has 0 saturated carbocycles. The maximum atomic E-state index is 13.4. The number of methoxy groups -OCH3 is 1. The molecule has 5 nitrogen and oxygen atoms in total. The number of benzene rings is 2. The Balaban J connectivity index is 2.12. The third-order valence-corrected chi connectivity index (χ3v) is 4.94. The van der Waals surface area contributed by atoms with Gasteiger partial charge in [0, 0.05) is 47.5 Å². The number of ether oxygens (including phenoxy) is 1. The van der Waals surface area contributed by atoms with Gasteiger partial charge >= 0.3 is 0 Å². The zero-order valence-corrected chi connectivity index (χ0v) is 16.6. The van der Waals surface area contributed by atoms with E-state index >= 15 is 0 Å². The van der Waals surface area contributed by atoms with Crippen LogP contribution in [-0.2, 0) is 0 Å². The Bertz CT molecular complexity index is 1050. The van der Waals surface area contributed by atoms with Crippen LogP contribution in [0.5, 0.6) is 11.5 Å². The topological polar surface area (TPSA) is 54.7 Å². The summed E-state index contributed by atoms with van der Waals surface area (Å²) in [7, 11) is 3.34. The van der Waals surface area contributed by atoms with Crippen molar-refractivity contribution in [3.8, 4) is 17.2 Å². The maximum absolute atomic E-state index is 13.4. The van der Waals surface area contributed by atoms with Crippen molar-refractivity contribution in [1.29, 1.82) is 0 Å². The zero-order chi connectivity index (χ0) is 20.4. The first-order chi connectivity index (χ1) is 13.4. The van der Waals surface area contributed by atoms with Crippen molar-refractivity contribution < 1.29 is 14.6 Å². The summed E-state index contributed by atoms with van der Waals surface area (Å²) < 4.78 is 7.23. The SMILES string of the molecule is C=Cc1c(C(=O)N(C)c2cccc(OC)c2)c(C)n(-c2cccc(O)c2)c1C. The summed E-state index contributed by atoms with van der Waals surface area (Å²) in [4.78, 5) is 15.0. The van der Waals surface area contributed by atoms with Gasteiger partial charge in [0.05, 0.1) is 12.7 Å². The fourth-order valence-electron chi connectivity index (χ4n) is 3.50. The number of carbonyl (C=O) groups is 1. The van der Waals surface area contributed by atoms with Crippen LogP contribution in [0.15, 0.2) is 55.1 Å². The van der Waals surface area contributed by atoms with Gasteiger partial charge in [0.1, 0.15) is 11.5 Å².